The molecule has 2 nitrogen and oxygen atoms in total. The minimum atomic E-state index is -0.171. The zero-order valence-electron chi connectivity index (χ0n) is 13.1. The van der Waals surface area contributed by atoms with E-state index in [0.29, 0.717) is 17.9 Å². The number of hydrogen-bond donors (Lipinski definition) is 1. The van der Waals surface area contributed by atoms with Gasteiger partial charge in [-0.2, -0.15) is 0 Å². The largest absolute Gasteiger partial charge is 0.368 e. The lowest BCUT2D eigenvalue weighted by atomic mass is 9.85. The van der Waals surface area contributed by atoms with Crippen LogP contribution in [0.3, 0.4) is 0 Å². The molecule has 1 aliphatic rings. The first-order chi connectivity index (χ1) is 9.38. The zero-order valence-corrected chi connectivity index (χ0v) is 13.1. The fourth-order valence-corrected chi connectivity index (χ4v) is 3.38. The molecule has 1 aromatic rings. The number of nitrogens with two attached hydrogens (primary N) is 1. The molecular formula is C17H27FN2. The normalized spacial score (nSPS) is 28.5. The summed E-state index contributed by atoms with van der Waals surface area (Å²) in [5.41, 5.74) is 8.12. The standard InChI is InChI=1S/C17H27FN2/c1-11-7-12(2)14(4)20(10-11)17-6-5-16(18)9-15(17)8-13(3)19/h5-6,9,11-14H,7-8,10,19H2,1-4H3. The highest BCUT2D eigenvalue weighted by atomic mass is 19.1. The first-order valence-electron chi connectivity index (χ1n) is 7.69. The number of anilines is 1. The molecule has 4 unspecified atom stereocenters. The fourth-order valence-electron chi connectivity index (χ4n) is 3.38. The van der Waals surface area contributed by atoms with Gasteiger partial charge < -0.3 is 10.6 Å². The summed E-state index contributed by atoms with van der Waals surface area (Å²) in [5, 5.41) is 0. The maximum Gasteiger partial charge on any atom is 0.123 e. The van der Waals surface area contributed by atoms with Crippen molar-refractivity contribution in [2.75, 3.05) is 11.4 Å². The van der Waals surface area contributed by atoms with Crippen LogP contribution in [0, 0.1) is 17.7 Å². The van der Waals surface area contributed by atoms with E-state index >= 15 is 0 Å². The number of benzene rings is 1. The molecule has 112 valence electrons. The van der Waals surface area contributed by atoms with Crippen molar-refractivity contribution in [2.24, 2.45) is 17.6 Å². The van der Waals surface area contributed by atoms with Crippen LogP contribution in [0.25, 0.3) is 0 Å². The molecular weight excluding hydrogens is 251 g/mol. The molecule has 1 fully saturated rings. The Morgan fingerprint density at radius 2 is 2.05 bits per heavy atom. The maximum absolute atomic E-state index is 13.6. The van der Waals surface area contributed by atoms with E-state index in [1.165, 1.54) is 6.42 Å². The summed E-state index contributed by atoms with van der Waals surface area (Å²) in [6, 6.07) is 5.68. The molecule has 20 heavy (non-hydrogen) atoms. The van der Waals surface area contributed by atoms with Crippen molar-refractivity contribution in [2.45, 2.75) is 52.6 Å². The van der Waals surface area contributed by atoms with Gasteiger partial charge in [-0.25, -0.2) is 4.39 Å². The Kier molecular flexibility index (Phi) is 4.69. The first kappa shape index (κ1) is 15.3. The Hall–Kier alpha value is -1.09. The van der Waals surface area contributed by atoms with Crippen LogP contribution in [0.5, 0.6) is 0 Å². The van der Waals surface area contributed by atoms with E-state index < -0.39 is 0 Å². The second-order valence-electron chi connectivity index (χ2n) is 6.67. The first-order valence-corrected chi connectivity index (χ1v) is 7.69. The van der Waals surface area contributed by atoms with E-state index in [1.807, 2.05) is 13.0 Å². The fraction of sp³-hybridized carbons (Fsp3) is 0.647. The van der Waals surface area contributed by atoms with E-state index in [0.717, 1.165) is 24.2 Å². The van der Waals surface area contributed by atoms with Gasteiger partial charge in [0.25, 0.3) is 0 Å². The van der Waals surface area contributed by atoms with E-state index in [1.54, 1.807) is 12.1 Å². The van der Waals surface area contributed by atoms with Crippen LogP contribution in [-0.4, -0.2) is 18.6 Å². The van der Waals surface area contributed by atoms with Gasteiger partial charge in [0.1, 0.15) is 5.82 Å². The predicted molar refractivity (Wildman–Crippen MR) is 83.5 cm³/mol. The average Bonchev–Trinajstić information content (AvgIpc) is 2.33. The minimum Gasteiger partial charge on any atom is -0.368 e. The molecule has 2 rings (SSSR count). The summed E-state index contributed by atoms with van der Waals surface area (Å²) >= 11 is 0. The third kappa shape index (κ3) is 3.32. The minimum absolute atomic E-state index is 0.0468. The lowest BCUT2D eigenvalue weighted by Crippen LogP contribution is -2.46. The van der Waals surface area contributed by atoms with Crippen LogP contribution < -0.4 is 10.6 Å². The molecule has 0 aromatic heterocycles. The third-order valence-corrected chi connectivity index (χ3v) is 4.49. The molecule has 0 bridgehead atoms. The van der Waals surface area contributed by atoms with Crippen LogP contribution >= 0.6 is 0 Å². The molecule has 0 spiro atoms. The highest BCUT2D eigenvalue weighted by Gasteiger charge is 2.30. The van der Waals surface area contributed by atoms with Gasteiger partial charge in [0.15, 0.2) is 0 Å². The molecule has 0 saturated carbocycles. The summed E-state index contributed by atoms with van der Waals surface area (Å²) in [7, 11) is 0. The third-order valence-electron chi connectivity index (χ3n) is 4.49. The number of rotatable bonds is 3. The van der Waals surface area contributed by atoms with Crippen molar-refractivity contribution in [3.8, 4) is 0 Å². The summed E-state index contributed by atoms with van der Waals surface area (Å²) < 4.78 is 13.6. The van der Waals surface area contributed by atoms with E-state index in [-0.39, 0.29) is 11.9 Å². The summed E-state index contributed by atoms with van der Waals surface area (Å²) in [6.45, 7) is 9.89. The summed E-state index contributed by atoms with van der Waals surface area (Å²) in [4.78, 5) is 2.44. The quantitative estimate of drug-likeness (QED) is 0.915. The Labute approximate surface area is 122 Å². The SMILES string of the molecule is CC(N)Cc1cc(F)ccc1N1CC(C)CC(C)C1C. The molecule has 1 aliphatic heterocycles. The van der Waals surface area contributed by atoms with Gasteiger partial charge in [-0.1, -0.05) is 13.8 Å². The van der Waals surface area contributed by atoms with Crippen molar-refractivity contribution in [3.05, 3.63) is 29.6 Å². The molecule has 1 heterocycles. The average molecular weight is 278 g/mol. The van der Waals surface area contributed by atoms with Gasteiger partial charge in [0.05, 0.1) is 0 Å². The molecule has 3 heteroatoms. The Bertz CT molecular complexity index is 458. The molecule has 2 N–H and O–H groups in total. The van der Waals surface area contributed by atoms with Crippen LogP contribution in [0.4, 0.5) is 10.1 Å². The van der Waals surface area contributed by atoms with Gasteiger partial charge >= 0.3 is 0 Å². The second-order valence-corrected chi connectivity index (χ2v) is 6.67. The highest BCUT2D eigenvalue weighted by Crippen LogP contribution is 2.33. The van der Waals surface area contributed by atoms with Gasteiger partial charge in [0.2, 0.25) is 0 Å². The van der Waals surface area contributed by atoms with E-state index in [4.69, 9.17) is 5.73 Å². The Balaban J connectivity index is 2.35. The van der Waals surface area contributed by atoms with Gasteiger partial charge in [-0.15, -0.1) is 0 Å². The van der Waals surface area contributed by atoms with Crippen molar-refractivity contribution in [1.29, 1.82) is 0 Å². The van der Waals surface area contributed by atoms with Gasteiger partial charge in [-0.05, 0) is 62.3 Å². The Morgan fingerprint density at radius 3 is 2.70 bits per heavy atom. The maximum atomic E-state index is 13.6. The van der Waals surface area contributed by atoms with Gasteiger partial charge in [-0.3, -0.25) is 0 Å². The van der Waals surface area contributed by atoms with Crippen molar-refractivity contribution in [1.82, 2.24) is 0 Å². The monoisotopic (exact) mass is 278 g/mol. The van der Waals surface area contributed by atoms with E-state index in [2.05, 4.69) is 25.7 Å². The predicted octanol–water partition coefficient (Wildman–Crippen LogP) is 3.59. The van der Waals surface area contributed by atoms with Crippen LogP contribution in [0.2, 0.25) is 0 Å². The lowest BCUT2D eigenvalue weighted by molar-refractivity contribution is 0.296. The van der Waals surface area contributed by atoms with Gasteiger partial charge in [0, 0.05) is 24.3 Å². The van der Waals surface area contributed by atoms with Crippen molar-refractivity contribution < 1.29 is 4.39 Å². The zero-order chi connectivity index (χ0) is 14.9. The number of nitrogens with zero attached hydrogens (tertiary/aromatic N) is 1. The second kappa shape index (κ2) is 6.13. The molecule has 4 atom stereocenters. The van der Waals surface area contributed by atoms with Crippen molar-refractivity contribution >= 4 is 5.69 Å². The number of piperidine rings is 1. The highest BCUT2D eigenvalue weighted by molar-refractivity contribution is 5.55. The summed E-state index contributed by atoms with van der Waals surface area (Å²) in [5.74, 6) is 1.16. The van der Waals surface area contributed by atoms with Crippen molar-refractivity contribution in [3.63, 3.8) is 0 Å². The number of hydrogen-bond acceptors (Lipinski definition) is 2. The topological polar surface area (TPSA) is 29.3 Å². The molecule has 0 aliphatic carbocycles. The van der Waals surface area contributed by atoms with Crippen LogP contribution in [0.15, 0.2) is 18.2 Å². The van der Waals surface area contributed by atoms with Crippen LogP contribution in [0.1, 0.15) is 39.7 Å². The molecule has 1 saturated heterocycles. The number of halogens is 1. The molecule has 1 aromatic carbocycles. The molecule has 0 radical (unpaired) electrons. The Morgan fingerprint density at radius 1 is 1.35 bits per heavy atom. The molecule has 0 amide bonds. The lowest BCUT2D eigenvalue weighted by Gasteiger charge is -2.43. The van der Waals surface area contributed by atoms with Crippen LogP contribution in [-0.2, 0) is 6.42 Å². The smallest absolute Gasteiger partial charge is 0.123 e. The summed E-state index contributed by atoms with van der Waals surface area (Å²) in [6.07, 6.45) is 1.99. The van der Waals surface area contributed by atoms with E-state index in [9.17, 15) is 4.39 Å².